The number of nitrogens with two attached hydrogens (primary N) is 1. The summed E-state index contributed by atoms with van der Waals surface area (Å²) < 4.78 is 0. The minimum Gasteiger partial charge on any atom is -0.368 e. The van der Waals surface area contributed by atoms with Gasteiger partial charge in [0.2, 0.25) is 5.95 Å². The summed E-state index contributed by atoms with van der Waals surface area (Å²) in [7, 11) is 0. The summed E-state index contributed by atoms with van der Waals surface area (Å²) in [5, 5.41) is 0.650. The molecule has 0 atom stereocenters. The van der Waals surface area contributed by atoms with E-state index in [-0.39, 0.29) is 5.95 Å². The van der Waals surface area contributed by atoms with Crippen molar-refractivity contribution in [2.24, 2.45) is 0 Å². The quantitative estimate of drug-likeness (QED) is 0.532. The van der Waals surface area contributed by atoms with Crippen molar-refractivity contribution in [3.05, 3.63) is 17.5 Å². The first-order chi connectivity index (χ1) is 5.74. The molecule has 0 unspecified atom stereocenters. The van der Waals surface area contributed by atoms with Crippen LogP contribution in [0.1, 0.15) is 11.3 Å². The van der Waals surface area contributed by atoms with Gasteiger partial charge >= 0.3 is 0 Å². The number of nitrogens with zero attached hydrogens (tertiary/aromatic N) is 2. The molecule has 1 aromatic rings. The number of hydrogen-bond donors (Lipinski definition) is 1. The van der Waals surface area contributed by atoms with Crippen molar-refractivity contribution in [2.45, 2.75) is 6.92 Å². The van der Waals surface area contributed by atoms with Crippen LogP contribution in [0.4, 0.5) is 5.95 Å². The molecule has 3 nitrogen and oxygen atoms in total. The smallest absolute Gasteiger partial charge is 0.220 e. The number of anilines is 1. The van der Waals surface area contributed by atoms with Crippen LogP contribution in [0.5, 0.6) is 0 Å². The van der Waals surface area contributed by atoms with E-state index >= 15 is 0 Å². The Kier molecular flexibility index (Phi) is 3.06. The predicted octanol–water partition coefficient (Wildman–Crippen LogP) is 1.11. The molecule has 0 aliphatic carbocycles. The zero-order chi connectivity index (χ0) is 8.97. The fourth-order valence-corrected chi connectivity index (χ4v) is 0.877. The van der Waals surface area contributed by atoms with Gasteiger partial charge in [-0.25, -0.2) is 9.97 Å². The fourth-order valence-electron chi connectivity index (χ4n) is 0.736. The Morgan fingerprint density at radius 1 is 1.67 bits per heavy atom. The molecule has 0 aliphatic heterocycles. The first-order valence-electron chi connectivity index (χ1n) is 3.38. The highest BCUT2D eigenvalue weighted by Crippen LogP contribution is 2.02. The van der Waals surface area contributed by atoms with E-state index in [1.165, 1.54) is 0 Å². The zero-order valence-electron chi connectivity index (χ0n) is 6.63. The highest BCUT2D eigenvalue weighted by Gasteiger charge is 1.96. The van der Waals surface area contributed by atoms with Crippen molar-refractivity contribution >= 4 is 21.9 Å². The number of nitrogen functional groups attached to an aromatic ring is 1. The Morgan fingerprint density at radius 2 is 2.42 bits per heavy atom. The molecule has 0 aliphatic rings. The van der Waals surface area contributed by atoms with Crippen LogP contribution in [-0.4, -0.2) is 15.3 Å². The van der Waals surface area contributed by atoms with Crippen molar-refractivity contribution < 1.29 is 0 Å². The number of aryl methyl sites for hydroxylation is 1. The molecule has 0 fully saturated rings. The molecule has 2 N–H and O–H groups in total. The number of rotatable bonds is 0. The Morgan fingerprint density at radius 3 is 3.00 bits per heavy atom. The van der Waals surface area contributed by atoms with Crippen LogP contribution < -0.4 is 5.73 Å². The third-order valence-corrected chi connectivity index (χ3v) is 1.57. The second-order valence-electron chi connectivity index (χ2n) is 2.16. The standard InChI is InChI=1S/C8H8BrN3/c1-6-7(3-2-4-9)5-11-8(10)12-6/h5H,4H2,1H3,(H2,10,11,12). The maximum Gasteiger partial charge on any atom is 0.220 e. The van der Waals surface area contributed by atoms with Crippen LogP contribution in [0.15, 0.2) is 6.20 Å². The van der Waals surface area contributed by atoms with Gasteiger partial charge in [-0.3, -0.25) is 0 Å². The van der Waals surface area contributed by atoms with Gasteiger partial charge in [-0.05, 0) is 6.92 Å². The average Bonchev–Trinajstić information content (AvgIpc) is 2.03. The molecule has 4 heteroatoms. The van der Waals surface area contributed by atoms with Gasteiger partial charge in [-0.2, -0.15) is 0 Å². The molecular weight excluding hydrogens is 218 g/mol. The molecular formula is C8H8BrN3. The molecule has 0 amide bonds. The van der Waals surface area contributed by atoms with E-state index < -0.39 is 0 Å². The van der Waals surface area contributed by atoms with E-state index in [0.29, 0.717) is 5.33 Å². The highest BCUT2D eigenvalue weighted by atomic mass is 79.9. The summed E-state index contributed by atoms with van der Waals surface area (Å²) in [6.07, 6.45) is 1.63. The molecule has 0 saturated heterocycles. The molecule has 0 aromatic carbocycles. The fraction of sp³-hybridized carbons (Fsp3) is 0.250. The van der Waals surface area contributed by atoms with E-state index in [1.54, 1.807) is 6.20 Å². The van der Waals surface area contributed by atoms with Gasteiger partial charge < -0.3 is 5.73 Å². The Balaban J connectivity index is 3.01. The van der Waals surface area contributed by atoms with Crippen molar-refractivity contribution in [1.82, 2.24) is 9.97 Å². The van der Waals surface area contributed by atoms with Crippen LogP contribution in [0.3, 0.4) is 0 Å². The SMILES string of the molecule is Cc1nc(N)ncc1C#CCBr. The van der Waals surface area contributed by atoms with Crippen LogP contribution in [0, 0.1) is 18.8 Å². The number of hydrogen-bond acceptors (Lipinski definition) is 3. The maximum absolute atomic E-state index is 5.38. The summed E-state index contributed by atoms with van der Waals surface area (Å²) in [5.41, 5.74) is 7.02. The second kappa shape index (κ2) is 4.07. The number of aromatic nitrogens is 2. The van der Waals surface area contributed by atoms with E-state index in [1.807, 2.05) is 6.92 Å². The summed E-state index contributed by atoms with van der Waals surface area (Å²) in [4.78, 5) is 7.82. The van der Waals surface area contributed by atoms with Gasteiger partial charge in [-0.1, -0.05) is 27.8 Å². The molecule has 1 rings (SSSR count). The van der Waals surface area contributed by atoms with E-state index in [4.69, 9.17) is 5.73 Å². The van der Waals surface area contributed by atoms with Crippen LogP contribution >= 0.6 is 15.9 Å². The monoisotopic (exact) mass is 225 g/mol. The first kappa shape index (κ1) is 9.01. The lowest BCUT2D eigenvalue weighted by Crippen LogP contribution is -1.98. The molecule has 1 aromatic heterocycles. The Bertz CT molecular complexity index is 338. The lowest BCUT2D eigenvalue weighted by molar-refractivity contribution is 1.11. The van der Waals surface area contributed by atoms with Crippen LogP contribution in [0.25, 0.3) is 0 Å². The summed E-state index contributed by atoms with van der Waals surface area (Å²) in [6, 6.07) is 0. The molecule has 0 radical (unpaired) electrons. The highest BCUT2D eigenvalue weighted by molar-refractivity contribution is 9.09. The third-order valence-electron chi connectivity index (χ3n) is 1.29. The molecule has 0 bridgehead atoms. The number of alkyl halides is 1. The van der Waals surface area contributed by atoms with Gasteiger partial charge in [0.1, 0.15) is 0 Å². The van der Waals surface area contributed by atoms with Gasteiger partial charge in [0.05, 0.1) is 16.6 Å². The van der Waals surface area contributed by atoms with Crippen molar-refractivity contribution in [1.29, 1.82) is 0 Å². The van der Waals surface area contributed by atoms with Gasteiger partial charge in [0.15, 0.2) is 0 Å². The van der Waals surface area contributed by atoms with Crippen molar-refractivity contribution in [3.8, 4) is 11.8 Å². The van der Waals surface area contributed by atoms with Gasteiger partial charge in [0, 0.05) is 6.20 Å². The average molecular weight is 226 g/mol. The third kappa shape index (κ3) is 2.21. The molecule has 0 spiro atoms. The van der Waals surface area contributed by atoms with Crippen LogP contribution in [0.2, 0.25) is 0 Å². The Labute approximate surface area is 79.5 Å². The topological polar surface area (TPSA) is 51.8 Å². The van der Waals surface area contributed by atoms with Crippen molar-refractivity contribution in [2.75, 3.05) is 11.1 Å². The maximum atomic E-state index is 5.38. The van der Waals surface area contributed by atoms with Gasteiger partial charge in [-0.15, -0.1) is 0 Å². The normalized spacial score (nSPS) is 8.83. The van der Waals surface area contributed by atoms with Crippen LogP contribution in [-0.2, 0) is 0 Å². The second-order valence-corrected chi connectivity index (χ2v) is 2.72. The first-order valence-corrected chi connectivity index (χ1v) is 4.50. The van der Waals surface area contributed by atoms with E-state index in [2.05, 4.69) is 37.7 Å². The minimum absolute atomic E-state index is 0.289. The molecule has 1 heterocycles. The Hall–Kier alpha value is -1.08. The molecule has 12 heavy (non-hydrogen) atoms. The predicted molar refractivity (Wildman–Crippen MR) is 51.9 cm³/mol. The zero-order valence-corrected chi connectivity index (χ0v) is 8.22. The summed E-state index contributed by atoms with van der Waals surface area (Å²) in [6.45, 7) is 1.86. The largest absolute Gasteiger partial charge is 0.368 e. The van der Waals surface area contributed by atoms with E-state index in [0.717, 1.165) is 11.3 Å². The number of halogens is 1. The van der Waals surface area contributed by atoms with E-state index in [9.17, 15) is 0 Å². The summed E-state index contributed by atoms with van der Waals surface area (Å²) >= 11 is 3.21. The molecule has 0 saturated carbocycles. The van der Waals surface area contributed by atoms with Crippen molar-refractivity contribution in [3.63, 3.8) is 0 Å². The van der Waals surface area contributed by atoms with Gasteiger partial charge in [0.25, 0.3) is 0 Å². The minimum atomic E-state index is 0.289. The lowest BCUT2D eigenvalue weighted by atomic mass is 10.2. The summed E-state index contributed by atoms with van der Waals surface area (Å²) in [5.74, 6) is 6.07. The molecule has 62 valence electrons. The lowest BCUT2D eigenvalue weighted by Gasteiger charge is -1.96.